The molecular weight excluding hydrogens is 452 g/mol. The van der Waals surface area contributed by atoms with Gasteiger partial charge in [-0.2, -0.15) is 0 Å². The lowest BCUT2D eigenvalue weighted by Gasteiger charge is -2.26. The molecule has 1 unspecified atom stereocenters. The lowest BCUT2D eigenvalue weighted by molar-refractivity contribution is 0.00576. The van der Waals surface area contributed by atoms with Gasteiger partial charge in [-0.15, -0.1) is 0 Å². The van der Waals surface area contributed by atoms with Crippen molar-refractivity contribution in [2.75, 3.05) is 0 Å². The van der Waals surface area contributed by atoms with E-state index in [1.807, 2.05) is 4.90 Å². The van der Waals surface area contributed by atoms with Gasteiger partial charge in [-0.1, -0.05) is 46.6 Å². The third-order valence-electron chi connectivity index (χ3n) is 5.11. The number of nitrogens with zero attached hydrogens (tertiary/aromatic N) is 3. The number of amidine groups is 1. The minimum Gasteiger partial charge on any atom is -0.461 e. The third-order valence-corrected chi connectivity index (χ3v) is 5.55. The molecule has 0 saturated carbocycles. The number of benzene rings is 2. The van der Waals surface area contributed by atoms with Gasteiger partial charge < -0.3 is 14.2 Å². The maximum Gasteiger partial charge on any atom is 0.227 e. The molecule has 160 valence electrons. The van der Waals surface area contributed by atoms with Crippen molar-refractivity contribution in [2.24, 2.45) is 5.16 Å². The predicted molar refractivity (Wildman–Crippen MR) is 121 cm³/mol. The Morgan fingerprint density at radius 1 is 0.969 bits per heavy atom. The van der Waals surface area contributed by atoms with Crippen LogP contribution in [0, 0.1) is 5.82 Å². The molecule has 5 nitrogen and oxygen atoms in total. The maximum atomic E-state index is 14.6. The highest BCUT2D eigenvalue weighted by Crippen LogP contribution is 2.36. The average molecular weight is 468 g/mol. The van der Waals surface area contributed by atoms with E-state index in [4.69, 9.17) is 32.5 Å². The Labute approximate surface area is 193 Å². The van der Waals surface area contributed by atoms with Gasteiger partial charge in [0.25, 0.3) is 0 Å². The quantitative estimate of drug-likeness (QED) is 0.328. The third kappa shape index (κ3) is 3.95. The second-order valence-electron chi connectivity index (χ2n) is 7.19. The van der Waals surface area contributed by atoms with E-state index in [0.717, 1.165) is 16.7 Å². The molecule has 4 aromatic rings. The highest BCUT2D eigenvalue weighted by atomic mass is 35.5. The number of hydrogen-bond acceptors (Lipinski definition) is 5. The smallest absolute Gasteiger partial charge is 0.227 e. The summed E-state index contributed by atoms with van der Waals surface area (Å²) in [7, 11) is 0. The van der Waals surface area contributed by atoms with E-state index in [2.05, 4.69) is 10.1 Å². The van der Waals surface area contributed by atoms with Crippen LogP contribution in [0.5, 0.6) is 0 Å². The summed E-state index contributed by atoms with van der Waals surface area (Å²) in [6, 6.07) is 17.2. The van der Waals surface area contributed by atoms with Crippen LogP contribution in [0.2, 0.25) is 10.0 Å². The van der Waals surface area contributed by atoms with Crippen LogP contribution in [0.1, 0.15) is 23.1 Å². The van der Waals surface area contributed by atoms with E-state index >= 15 is 0 Å². The van der Waals surface area contributed by atoms with Gasteiger partial charge in [0.1, 0.15) is 5.82 Å². The zero-order chi connectivity index (χ0) is 22.1. The van der Waals surface area contributed by atoms with Crippen LogP contribution in [0.3, 0.4) is 0 Å². The fourth-order valence-electron chi connectivity index (χ4n) is 3.71. The number of halogens is 3. The lowest BCUT2D eigenvalue weighted by atomic mass is 10.0. The summed E-state index contributed by atoms with van der Waals surface area (Å²) in [6.07, 6.45) is 4.30. The van der Waals surface area contributed by atoms with E-state index in [1.54, 1.807) is 73.3 Å². The Balaban J connectivity index is 1.57. The summed E-state index contributed by atoms with van der Waals surface area (Å²) in [5, 5.41) is 5.23. The molecule has 1 aliphatic heterocycles. The fraction of sp³-hybridized carbons (Fsp3) is 0.0833. The molecule has 5 rings (SSSR count). The molecule has 0 radical (unpaired) electrons. The molecule has 32 heavy (non-hydrogen) atoms. The highest BCUT2D eigenvalue weighted by molar-refractivity contribution is 6.34. The minimum atomic E-state index is -0.611. The van der Waals surface area contributed by atoms with Crippen molar-refractivity contribution >= 4 is 29.0 Å². The normalized spacial score (nSPS) is 15.5. The van der Waals surface area contributed by atoms with Gasteiger partial charge in [0.2, 0.25) is 12.1 Å². The summed E-state index contributed by atoms with van der Waals surface area (Å²) >= 11 is 12.5. The zero-order valence-corrected chi connectivity index (χ0v) is 18.1. The average Bonchev–Trinajstić information content (AvgIpc) is 3.44. The summed E-state index contributed by atoms with van der Waals surface area (Å²) < 4.78 is 20.1. The summed E-state index contributed by atoms with van der Waals surface area (Å²) in [5.74, 6) is 0.729. The van der Waals surface area contributed by atoms with Crippen LogP contribution in [0.15, 0.2) is 88.9 Å². The first-order chi connectivity index (χ1) is 15.6. The van der Waals surface area contributed by atoms with Crippen LogP contribution in [0.4, 0.5) is 4.39 Å². The fourth-order valence-corrected chi connectivity index (χ4v) is 4.25. The van der Waals surface area contributed by atoms with Crippen molar-refractivity contribution in [1.82, 2.24) is 9.88 Å². The number of rotatable bonds is 5. The largest absolute Gasteiger partial charge is 0.461 e. The number of oxime groups is 1. The predicted octanol–water partition coefficient (Wildman–Crippen LogP) is 6.68. The van der Waals surface area contributed by atoms with E-state index in [0.29, 0.717) is 33.7 Å². The van der Waals surface area contributed by atoms with Crippen LogP contribution < -0.4 is 0 Å². The second-order valence-corrected chi connectivity index (χ2v) is 8.07. The van der Waals surface area contributed by atoms with Gasteiger partial charge in [-0.3, -0.25) is 4.98 Å². The van der Waals surface area contributed by atoms with Gasteiger partial charge in [0.15, 0.2) is 5.76 Å². The summed E-state index contributed by atoms with van der Waals surface area (Å²) in [4.78, 5) is 11.9. The molecule has 0 saturated heterocycles. The van der Waals surface area contributed by atoms with Gasteiger partial charge >= 0.3 is 0 Å². The Morgan fingerprint density at radius 3 is 2.53 bits per heavy atom. The number of pyridine rings is 1. The molecule has 1 atom stereocenters. The van der Waals surface area contributed by atoms with Crippen LogP contribution >= 0.6 is 23.2 Å². The Hall–Kier alpha value is -3.35. The Bertz CT molecular complexity index is 1270. The van der Waals surface area contributed by atoms with E-state index in [9.17, 15) is 4.39 Å². The molecule has 2 aromatic carbocycles. The van der Waals surface area contributed by atoms with Crippen LogP contribution in [0.25, 0.3) is 11.1 Å². The first-order valence-corrected chi connectivity index (χ1v) is 10.5. The first-order valence-electron chi connectivity index (χ1n) is 9.78. The monoisotopic (exact) mass is 467 g/mol. The molecule has 3 heterocycles. The van der Waals surface area contributed by atoms with Crippen molar-refractivity contribution in [3.8, 4) is 11.1 Å². The number of hydrogen-bond donors (Lipinski definition) is 0. The molecule has 0 N–H and O–H groups in total. The van der Waals surface area contributed by atoms with Gasteiger partial charge in [-0.25, -0.2) is 4.39 Å². The highest BCUT2D eigenvalue weighted by Gasteiger charge is 2.35. The van der Waals surface area contributed by atoms with E-state index in [1.165, 1.54) is 6.07 Å². The van der Waals surface area contributed by atoms with Gasteiger partial charge in [-0.05, 0) is 53.6 Å². The van der Waals surface area contributed by atoms with Crippen molar-refractivity contribution in [3.05, 3.63) is 112 Å². The maximum absolute atomic E-state index is 14.6. The molecule has 8 heteroatoms. The van der Waals surface area contributed by atoms with Crippen LogP contribution in [-0.4, -0.2) is 15.7 Å². The number of aromatic nitrogens is 1. The molecule has 0 amide bonds. The van der Waals surface area contributed by atoms with Crippen molar-refractivity contribution in [3.63, 3.8) is 0 Å². The van der Waals surface area contributed by atoms with Crippen molar-refractivity contribution < 1.29 is 13.6 Å². The molecule has 1 aliphatic rings. The van der Waals surface area contributed by atoms with Gasteiger partial charge in [0.05, 0.1) is 12.8 Å². The molecule has 0 spiro atoms. The van der Waals surface area contributed by atoms with Gasteiger partial charge in [0, 0.05) is 33.6 Å². The molecule has 2 aromatic heterocycles. The second kappa shape index (κ2) is 8.65. The van der Waals surface area contributed by atoms with E-state index < -0.39 is 6.23 Å². The summed E-state index contributed by atoms with van der Waals surface area (Å²) in [5.41, 5.74) is 2.74. The SMILES string of the molecule is Fc1ccccc1-c1ccncc1CN1C(c2ccco2)=NOC1c1cc(Cl)cc(Cl)c1. The topological polar surface area (TPSA) is 50.9 Å². The van der Waals surface area contributed by atoms with Crippen molar-refractivity contribution in [2.45, 2.75) is 12.8 Å². The molecule has 0 bridgehead atoms. The van der Waals surface area contributed by atoms with Crippen LogP contribution in [-0.2, 0) is 11.4 Å². The Kier molecular flexibility index (Phi) is 5.55. The standard InChI is InChI=1S/C24H16Cl2FN3O2/c25-17-10-15(11-18(26)12-17)24-30(23(29-32-24)22-6-3-9-31-22)14-16-13-28-8-7-19(16)20-4-1-2-5-21(20)27/h1-13,24H,14H2. The van der Waals surface area contributed by atoms with E-state index in [-0.39, 0.29) is 5.82 Å². The first kappa shape index (κ1) is 20.5. The number of furan rings is 1. The van der Waals surface area contributed by atoms with Crippen molar-refractivity contribution in [1.29, 1.82) is 0 Å². The zero-order valence-electron chi connectivity index (χ0n) is 16.6. The molecule has 0 aliphatic carbocycles. The Morgan fingerprint density at radius 2 is 1.78 bits per heavy atom. The minimum absolute atomic E-state index is 0.310. The summed E-state index contributed by atoms with van der Waals surface area (Å²) in [6.45, 7) is 0.325. The molecular formula is C24H16Cl2FN3O2. The molecule has 0 fully saturated rings. The lowest BCUT2D eigenvalue weighted by Crippen LogP contribution is -2.31.